The molecule has 3 rings (SSSR count). The second-order valence-electron chi connectivity index (χ2n) is 8.91. The van der Waals surface area contributed by atoms with Crippen molar-refractivity contribution >= 4 is 33.4 Å². The molecule has 9 heteroatoms. The van der Waals surface area contributed by atoms with Crippen LogP contribution >= 0.6 is 11.3 Å². The monoisotopic (exact) mass is 433 g/mol. The standard InChI is InChI=1S/C21H31N5O3S/c1-14-15(2)30-19-18(14)20(29)26(13-22-19)7-6-17(28)25-10-8-24(9-11-25)12-16(27)23-21(3,4)5/h13H,6-12H2,1-5H3,(H,23,27). The van der Waals surface area contributed by atoms with Gasteiger partial charge in [0.2, 0.25) is 11.8 Å². The molecule has 2 amide bonds. The molecular weight excluding hydrogens is 402 g/mol. The number of amides is 2. The Balaban J connectivity index is 1.52. The van der Waals surface area contributed by atoms with Gasteiger partial charge < -0.3 is 10.2 Å². The first-order valence-corrected chi connectivity index (χ1v) is 11.1. The third kappa shape index (κ3) is 5.26. The molecule has 0 aromatic carbocycles. The summed E-state index contributed by atoms with van der Waals surface area (Å²) in [6.45, 7) is 13.0. The fraction of sp³-hybridized carbons (Fsp3) is 0.619. The summed E-state index contributed by atoms with van der Waals surface area (Å²) in [5, 5.41) is 3.63. The van der Waals surface area contributed by atoms with Gasteiger partial charge in [0, 0.05) is 49.6 Å². The predicted molar refractivity (Wildman–Crippen MR) is 119 cm³/mol. The zero-order valence-electron chi connectivity index (χ0n) is 18.4. The third-order valence-electron chi connectivity index (χ3n) is 5.33. The van der Waals surface area contributed by atoms with Crippen molar-refractivity contribution in [2.45, 2.75) is 53.1 Å². The predicted octanol–water partition coefficient (Wildman–Crippen LogP) is 1.52. The summed E-state index contributed by atoms with van der Waals surface area (Å²) >= 11 is 1.52. The molecule has 0 radical (unpaired) electrons. The van der Waals surface area contributed by atoms with Gasteiger partial charge in [0.1, 0.15) is 4.83 Å². The van der Waals surface area contributed by atoms with E-state index < -0.39 is 0 Å². The maximum absolute atomic E-state index is 12.8. The Bertz CT molecular complexity index is 996. The fourth-order valence-electron chi connectivity index (χ4n) is 3.62. The van der Waals surface area contributed by atoms with Crippen LogP contribution in [0.25, 0.3) is 10.2 Å². The average molecular weight is 434 g/mol. The van der Waals surface area contributed by atoms with Crippen molar-refractivity contribution in [3.05, 3.63) is 27.1 Å². The number of nitrogens with one attached hydrogen (secondary N) is 1. The minimum atomic E-state index is -0.245. The zero-order chi connectivity index (χ0) is 22.1. The Labute approximate surface area is 180 Å². The van der Waals surface area contributed by atoms with E-state index in [9.17, 15) is 14.4 Å². The molecule has 1 aliphatic rings. The van der Waals surface area contributed by atoms with Crippen LogP contribution in [0.5, 0.6) is 0 Å². The Kier molecular flexibility index (Phi) is 6.62. The van der Waals surface area contributed by atoms with E-state index in [-0.39, 0.29) is 29.3 Å². The molecule has 1 fully saturated rings. The Hall–Kier alpha value is -2.26. The summed E-state index contributed by atoms with van der Waals surface area (Å²) in [6.07, 6.45) is 1.80. The Morgan fingerprint density at radius 2 is 1.83 bits per heavy atom. The molecule has 1 N–H and O–H groups in total. The van der Waals surface area contributed by atoms with Gasteiger partial charge in [-0.05, 0) is 40.2 Å². The molecule has 1 aliphatic heterocycles. The van der Waals surface area contributed by atoms with E-state index in [1.165, 1.54) is 15.9 Å². The first-order chi connectivity index (χ1) is 14.0. The van der Waals surface area contributed by atoms with E-state index in [0.29, 0.717) is 44.7 Å². The highest BCUT2D eigenvalue weighted by molar-refractivity contribution is 7.18. The number of piperazine rings is 1. The van der Waals surface area contributed by atoms with Crippen LogP contribution in [-0.4, -0.2) is 69.4 Å². The number of thiophene rings is 1. The minimum Gasteiger partial charge on any atom is -0.350 e. The lowest BCUT2D eigenvalue weighted by molar-refractivity contribution is -0.133. The van der Waals surface area contributed by atoms with Crippen LogP contribution in [0, 0.1) is 13.8 Å². The highest BCUT2D eigenvalue weighted by Crippen LogP contribution is 2.25. The molecule has 0 spiro atoms. The number of hydrogen-bond acceptors (Lipinski definition) is 6. The molecule has 0 unspecified atom stereocenters. The summed E-state index contributed by atoms with van der Waals surface area (Å²) in [6, 6.07) is 0. The summed E-state index contributed by atoms with van der Waals surface area (Å²) in [4.78, 5) is 47.6. The second kappa shape index (κ2) is 8.85. The van der Waals surface area contributed by atoms with Gasteiger partial charge in [-0.2, -0.15) is 0 Å². The molecule has 164 valence electrons. The molecule has 0 saturated carbocycles. The SMILES string of the molecule is Cc1sc2ncn(CCC(=O)N3CCN(CC(=O)NC(C)(C)C)CC3)c(=O)c2c1C. The normalized spacial score (nSPS) is 15.6. The molecule has 2 aromatic heterocycles. The number of nitrogens with zero attached hydrogens (tertiary/aromatic N) is 4. The summed E-state index contributed by atoms with van der Waals surface area (Å²) in [7, 11) is 0. The smallest absolute Gasteiger partial charge is 0.262 e. The number of hydrogen-bond donors (Lipinski definition) is 1. The maximum Gasteiger partial charge on any atom is 0.262 e. The number of carbonyl (C=O) groups is 2. The number of rotatable bonds is 5. The zero-order valence-corrected chi connectivity index (χ0v) is 19.3. The first-order valence-electron chi connectivity index (χ1n) is 10.3. The quantitative estimate of drug-likeness (QED) is 0.773. The van der Waals surface area contributed by atoms with Crippen molar-refractivity contribution in [2.24, 2.45) is 0 Å². The van der Waals surface area contributed by atoms with Crippen molar-refractivity contribution in [2.75, 3.05) is 32.7 Å². The first kappa shape index (κ1) is 22.4. The van der Waals surface area contributed by atoms with E-state index >= 15 is 0 Å². The summed E-state index contributed by atoms with van der Waals surface area (Å²) in [5.74, 6) is 0.0301. The van der Waals surface area contributed by atoms with Crippen LogP contribution < -0.4 is 10.9 Å². The van der Waals surface area contributed by atoms with Crippen molar-refractivity contribution in [1.82, 2.24) is 24.7 Å². The maximum atomic E-state index is 12.8. The summed E-state index contributed by atoms with van der Waals surface area (Å²) < 4.78 is 1.53. The molecular formula is C21H31N5O3S. The topological polar surface area (TPSA) is 87.5 Å². The van der Waals surface area contributed by atoms with E-state index in [1.54, 1.807) is 6.33 Å². The van der Waals surface area contributed by atoms with Crippen LogP contribution in [0.1, 0.15) is 37.6 Å². The molecule has 0 aliphatic carbocycles. The minimum absolute atomic E-state index is 0.00324. The van der Waals surface area contributed by atoms with E-state index in [4.69, 9.17) is 0 Å². The molecule has 1 saturated heterocycles. The lowest BCUT2D eigenvalue weighted by atomic mass is 10.1. The van der Waals surface area contributed by atoms with Gasteiger partial charge in [0.25, 0.3) is 5.56 Å². The van der Waals surface area contributed by atoms with Gasteiger partial charge in [-0.3, -0.25) is 23.9 Å². The lowest BCUT2D eigenvalue weighted by Gasteiger charge is -2.35. The number of aromatic nitrogens is 2. The van der Waals surface area contributed by atoms with E-state index in [0.717, 1.165) is 15.3 Å². The fourth-order valence-corrected chi connectivity index (χ4v) is 4.61. The largest absolute Gasteiger partial charge is 0.350 e. The molecule has 3 heterocycles. The van der Waals surface area contributed by atoms with Crippen molar-refractivity contribution in [1.29, 1.82) is 0 Å². The molecule has 0 bridgehead atoms. The third-order valence-corrected chi connectivity index (χ3v) is 6.44. The lowest BCUT2D eigenvalue weighted by Crippen LogP contribution is -2.53. The highest BCUT2D eigenvalue weighted by atomic mass is 32.1. The van der Waals surface area contributed by atoms with Crippen molar-refractivity contribution < 1.29 is 9.59 Å². The van der Waals surface area contributed by atoms with Gasteiger partial charge in [0.15, 0.2) is 0 Å². The van der Waals surface area contributed by atoms with Crippen LogP contribution in [0.2, 0.25) is 0 Å². The van der Waals surface area contributed by atoms with Crippen LogP contribution in [0.4, 0.5) is 0 Å². The van der Waals surface area contributed by atoms with E-state index in [1.807, 2.05) is 39.5 Å². The molecule has 0 atom stereocenters. The van der Waals surface area contributed by atoms with Crippen LogP contribution in [0.15, 0.2) is 11.1 Å². The van der Waals surface area contributed by atoms with Crippen LogP contribution in [0.3, 0.4) is 0 Å². The molecule has 2 aromatic rings. The van der Waals surface area contributed by atoms with Gasteiger partial charge in [0.05, 0.1) is 18.3 Å². The van der Waals surface area contributed by atoms with Gasteiger partial charge in [-0.15, -0.1) is 11.3 Å². The van der Waals surface area contributed by atoms with Gasteiger partial charge in [-0.1, -0.05) is 0 Å². The van der Waals surface area contributed by atoms with Gasteiger partial charge >= 0.3 is 0 Å². The van der Waals surface area contributed by atoms with E-state index in [2.05, 4.69) is 15.2 Å². The second-order valence-corrected chi connectivity index (χ2v) is 10.1. The molecule has 30 heavy (non-hydrogen) atoms. The summed E-state index contributed by atoms with van der Waals surface area (Å²) in [5.41, 5.74) is 0.648. The Morgan fingerprint density at radius 1 is 1.17 bits per heavy atom. The number of fused-ring (bicyclic) bond motifs is 1. The van der Waals surface area contributed by atoms with Gasteiger partial charge in [-0.25, -0.2) is 4.98 Å². The highest BCUT2D eigenvalue weighted by Gasteiger charge is 2.23. The Morgan fingerprint density at radius 3 is 2.47 bits per heavy atom. The number of aryl methyl sites for hydroxylation is 3. The van der Waals surface area contributed by atoms with Crippen LogP contribution in [-0.2, 0) is 16.1 Å². The average Bonchev–Trinajstić information content (AvgIpc) is 2.94. The van der Waals surface area contributed by atoms with Crippen molar-refractivity contribution in [3.63, 3.8) is 0 Å². The number of carbonyl (C=O) groups excluding carboxylic acids is 2. The van der Waals surface area contributed by atoms with Crippen molar-refractivity contribution in [3.8, 4) is 0 Å². The molecule has 8 nitrogen and oxygen atoms in total.